The summed E-state index contributed by atoms with van der Waals surface area (Å²) in [7, 11) is 0. The number of hydrogen-bond donors (Lipinski definition) is 0. The van der Waals surface area contributed by atoms with E-state index in [1.165, 1.54) is 11.1 Å². The minimum atomic E-state index is 0.158. The number of fused-ring (bicyclic) bond motifs is 7. The van der Waals surface area contributed by atoms with Gasteiger partial charge in [-0.05, 0) is 35.9 Å². The maximum Gasteiger partial charge on any atom is 0.166 e. The molecule has 4 nitrogen and oxygen atoms in total. The summed E-state index contributed by atoms with van der Waals surface area (Å²) >= 11 is 1.95. The predicted octanol–water partition coefficient (Wildman–Crippen LogP) is 7.35. The van der Waals surface area contributed by atoms with Crippen LogP contribution in [-0.2, 0) is 0 Å². The van der Waals surface area contributed by atoms with E-state index >= 15 is 0 Å². The molecular formula is C30H20N4S. The van der Waals surface area contributed by atoms with Crippen LogP contribution >= 0.6 is 11.8 Å². The summed E-state index contributed by atoms with van der Waals surface area (Å²) in [5, 5.41) is 2.81. The van der Waals surface area contributed by atoms with Crippen molar-refractivity contribution in [2.24, 2.45) is 0 Å². The van der Waals surface area contributed by atoms with Gasteiger partial charge in [0.2, 0.25) is 0 Å². The predicted molar refractivity (Wildman–Crippen MR) is 146 cm³/mol. The van der Waals surface area contributed by atoms with E-state index in [-0.39, 0.29) is 5.37 Å². The highest BCUT2D eigenvalue weighted by atomic mass is 32.2. The van der Waals surface area contributed by atoms with Gasteiger partial charge in [-0.1, -0.05) is 78.9 Å². The summed E-state index contributed by atoms with van der Waals surface area (Å²) in [4.78, 5) is 10.7. The molecule has 1 aliphatic carbocycles. The van der Waals surface area contributed by atoms with Gasteiger partial charge in [0.25, 0.3) is 0 Å². The van der Waals surface area contributed by atoms with Gasteiger partial charge in [-0.25, -0.2) is 9.97 Å². The second-order valence-electron chi connectivity index (χ2n) is 9.00. The zero-order valence-corrected chi connectivity index (χ0v) is 19.6. The van der Waals surface area contributed by atoms with Crippen molar-refractivity contribution in [3.63, 3.8) is 0 Å². The Morgan fingerprint density at radius 2 is 1.40 bits per heavy atom. The van der Waals surface area contributed by atoms with Crippen LogP contribution in [-0.4, -0.2) is 24.4 Å². The fourth-order valence-electron chi connectivity index (χ4n) is 5.48. The first-order valence-electron chi connectivity index (χ1n) is 11.8. The van der Waals surface area contributed by atoms with E-state index in [0.29, 0.717) is 5.25 Å². The van der Waals surface area contributed by atoms with Crippen molar-refractivity contribution in [2.75, 3.05) is 0 Å². The molecule has 0 saturated heterocycles. The van der Waals surface area contributed by atoms with Crippen molar-refractivity contribution in [1.29, 1.82) is 0 Å². The lowest BCUT2D eigenvalue weighted by atomic mass is 10.1. The molecule has 3 aromatic carbocycles. The third-order valence-electron chi connectivity index (χ3n) is 7.02. The van der Waals surface area contributed by atoms with Crippen molar-refractivity contribution in [3.8, 4) is 5.69 Å². The molecule has 5 heteroatoms. The van der Waals surface area contributed by atoms with Crippen molar-refractivity contribution < 1.29 is 0 Å². The maximum absolute atomic E-state index is 5.38. The molecule has 2 aliphatic rings. The summed E-state index contributed by atoms with van der Waals surface area (Å²) in [6.07, 6.45) is 11.1. The van der Waals surface area contributed by atoms with E-state index in [1.54, 1.807) is 0 Å². The van der Waals surface area contributed by atoms with Crippen LogP contribution in [0.1, 0.15) is 5.37 Å². The maximum atomic E-state index is 5.38. The Bertz CT molecular complexity index is 1890. The Morgan fingerprint density at radius 1 is 0.686 bits per heavy atom. The Hall–Kier alpha value is -4.09. The van der Waals surface area contributed by atoms with E-state index in [0.717, 1.165) is 44.3 Å². The highest BCUT2D eigenvalue weighted by Crippen LogP contribution is 2.46. The van der Waals surface area contributed by atoms with Crippen LogP contribution < -0.4 is 0 Å². The number of thioether (sulfide) groups is 1. The molecular weight excluding hydrogens is 448 g/mol. The molecule has 0 spiro atoms. The van der Waals surface area contributed by atoms with Crippen molar-refractivity contribution in [2.45, 2.75) is 10.6 Å². The van der Waals surface area contributed by atoms with Crippen LogP contribution in [0.2, 0.25) is 0 Å². The van der Waals surface area contributed by atoms with E-state index in [9.17, 15) is 0 Å². The van der Waals surface area contributed by atoms with Gasteiger partial charge < -0.3 is 4.57 Å². The first-order valence-corrected chi connectivity index (χ1v) is 12.8. The smallest absolute Gasteiger partial charge is 0.166 e. The topological polar surface area (TPSA) is 35.6 Å². The molecule has 0 N–H and O–H groups in total. The van der Waals surface area contributed by atoms with Crippen LogP contribution in [0, 0.1) is 0 Å². The minimum Gasteiger partial charge on any atom is -0.308 e. The van der Waals surface area contributed by atoms with E-state index in [2.05, 4.69) is 112 Å². The number of nitrogens with zero attached hydrogens (tertiary/aromatic N) is 4. The third kappa shape index (κ3) is 2.70. The number of hydrogen-bond acceptors (Lipinski definition) is 3. The minimum absolute atomic E-state index is 0.158. The Labute approximate surface area is 205 Å². The first kappa shape index (κ1) is 19.2. The zero-order chi connectivity index (χ0) is 22.9. The average Bonchev–Trinajstić information content (AvgIpc) is 3.57. The lowest BCUT2D eigenvalue weighted by Crippen LogP contribution is -2.04. The number of para-hydroxylation sites is 3. The second-order valence-corrected chi connectivity index (χ2v) is 10.3. The lowest BCUT2D eigenvalue weighted by Gasteiger charge is -2.15. The highest BCUT2D eigenvalue weighted by Gasteiger charge is 2.29. The fraction of sp³-hybridized carbons (Fsp3) is 0.0667. The molecule has 0 fully saturated rings. The Balaban J connectivity index is 1.50. The van der Waals surface area contributed by atoms with Gasteiger partial charge in [-0.2, -0.15) is 0 Å². The normalized spacial score (nSPS) is 19.3. The number of allylic oxidation sites excluding steroid dienone is 3. The van der Waals surface area contributed by atoms with E-state index in [1.807, 2.05) is 17.8 Å². The fourth-order valence-corrected chi connectivity index (χ4v) is 6.85. The van der Waals surface area contributed by atoms with Gasteiger partial charge in [0.1, 0.15) is 16.4 Å². The van der Waals surface area contributed by atoms with Crippen molar-refractivity contribution in [3.05, 3.63) is 115 Å². The van der Waals surface area contributed by atoms with E-state index in [4.69, 9.17) is 9.97 Å². The molecule has 2 atom stereocenters. The SMILES string of the molecule is C1=CC2=CC(n3c4ccccc4c4nc5c6ccccc6n(-c6ccccc6)c5nc43)SC2C=C1. The molecule has 0 radical (unpaired) electrons. The molecule has 8 rings (SSSR count). The Morgan fingerprint density at radius 3 is 2.23 bits per heavy atom. The number of benzene rings is 3. The summed E-state index contributed by atoms with van der Waals surface area (Å²) < 4.78 is 4.62. The third-order valence-corrected chi connectivity index (χ3v) is 8.37. The molecule has 1 aliphatic heterocycles. The molecule has 35 heavy (non-hydrogen) atoms. The van der Waals surface area contributed by atoms with Gasteiger partial charge in [0.05, 0.1) is 16.3 Å². The van der Waals surface area contributed by atoms with Gasteiger partial charge in [0.15, 0.2) is 11.3 Å². The average molecular weight is 469 g/mol. The van der Waals surface area contributed by atoms with Crippen LogP contribution in [0.4, 0.5) is 0 Å². The summed E-state index contributed by atoms with van der Waals surface area (Å²) in [6, 6.07) is 27.5. The largest absolute Gasteiger partial charge is 0.308 e. The van der Waals surface area contributed by atoms with Gasteiger partial charge in [0, 0.05) is 16.5 Å². The number of aromatic nitrogens is 4. The summed E-state index contributed by atoms with van der Waals surface area (Å²) in [6.45, 7) is 0. The Kier molecular flexibility index (Phi) is 3.96. The van der Waals surface area contributed by atoms with Crippen molar-refractivity contribution >= 4 is 55.9 Å². The highest BCUT2D eigenvalue weighted by molar-refractivity contribution is 8.00. The number of rotatable bonds is 2. The first-order chi connectivity index (χ1) is 17.4. The summed E-state index contributed by atoms with van der Waals surface area (Å²) in [5.74, 6) is 0. The molecule has 0 saturated carbocycles. The van der Waals surface area contributed by atoms with E-state index < -0.39 is 0 Å². The standard InChI is InChI=1S/C30H20N4S/c1-2-11-20(12-3-1)33-23-15-7-5-13-21(23)27-29(33)32-30-28(31-27)22-14-6-8-16-24(22)34(30)26-18-19-10-4-9-17-25(19)35-26/h1-18,25-26H. The molecule has 2 unspecified atom stereocenters. The van der Waals surface area contributed by atoms with Crippen LogP contribution in [0.25, 0.3) is 49.8 Å². The molecule has 166 valence electrons. The van der Waals surface area contributed by atoms with Gasteiger partial charge in [-0.15, -0.1) is 11.8 Å². The van der Waals surface area contributed by atoms with Gasteiger partial charge in [-0.3, -0.25) is 4.57 Å². The van der Waals surface area contributed by atoms with Gasteiger partial charge >= 0.3 is 0 Å². The quantitative estimate of drug-likeness (QED) is 0.267. The zero-order valence-electron chi connectivity index (χ0n) is 18.7. The van der Waals surface area contributed by atoms with Crippen LogP contribution in [0.3, 0.4) is 0 Å². The van der Waals surface area contributed by atoms with Crippen LogP contribution in [0.15, 0.2) is 115 Å². The molecule has 0 bridgehead atoms. The molecule has 0 amide bonds. The van der Waals surface area contributed by atoms with Crippen LogP contribution in [0.5, 0.6) is 0 Å². The van der Waals surface area contributed by atoms with Crippen molar-refractivity contribution in [1.82, 2.24) is 19.1 Å². The molecule has 3 aromatic heterocycles. The monoisotopic (exact) mass is 468 g/mol. The molecule has 4 heterocycles. The lowest BCUT2D eigenvalue weighted by molar-refractivity contribution is 0.865. The second kappa shape index (κ2) is 7.20. The summed E-state index contributed by atoms with van der Waals surface area (Å²) in [5.41, 5.74) is 8.47. The molecule has 6 aromatic rings.